The van der Waals surface area contributed by atoms with Gasteiger partial charge in [-0.05, 0) is 67.8 Å². The van der Waals surface area contributed by atoms with E-state index in [2.05, 4.69) is 10.0 Å². The zero-order valence-corrected chi connectivity index (χ0v) is 21.8. The molecule has 0 spiro atoms. The Bertz CT molecular complexity index is 1550. The van der Waals surface area contributed by atoms with Crippen molar-refractivity contribution >= 4 is 37.8 Å². The Morgan fingerprint density at radius 2 is 1.27 bits per heavy atom. The summed E-state index contributed by atoms with van der Waals surface area (Å²) in [6.45, 7) is 4.07. The first-order valence-corrected chi connectivity index (χ1v) is 14.3. The van der Waals surface area contributed by atoms with E-state index in [1.807, 2.05) is 18.6 Å². The number of nitrogens with one attached hydrogen (secondary N) is 3. The molecule has 1 heterocycles. The molecule has 0 saturated carbocycles. The van der Waals surface area contributed by atoms with E-state index >= 15 is 0 Å². The zero-order valence-electron chi connectivity index (χ0n) is 20.2. The van der Waals surface area contributed by atoms with Gasteiger partial charge >= 0.3 is 12.1 Å². The number of rotatable bonds is 5. The molecule has 1 aliphatic rings. The molecule has 0 radical (unpaired) electrons. The van der Waals surface area contributed by atoms with Gasteiger partial charge in [-0.25, -0.2) is 35.9 Å². The Balaban J connectivity index is 1.41. The van der Waals surface area contributed by atoms with Gasteiger partial charge in [-0.15, -0.1) is 0 Å². The summed E-state index contributed by atoms with van der Waals surface area (Å²) in [5, 5.41) is 2.49. The van der Waals surface area contributed by atoms with Gasteiger partial charge in [0.1, 0.15) is 0 Å². The van der Waals surface area contributed by atoms with Crippen LogP contribution >= 0.6 is 0 Å². The standard InChI is InChI=1S/C25H26N4O6S2/c1-17-3-9-22(10-4-17)36(32,33)27-24(30)26-21-8-7-19-13-14-29(16-20(19)15-21)25(31)28-37(34,35)23-11-5-18(2)6-12-23/h3-12,15H,13-14,16H2,1-2H3,(H,28,31)(H2,26,27,30). The van der Waals surface area contributed by atoms with E-state index in [1.54, 1.807) is 42.5 Å². The molecule has 10 nitrogen and oxygen atoms in total. The number of nitrogens with zero attached hydrogens (tertiary/aromatic N) is 1. The highest BCUT2D eigenvalue weighted by Gasteiger charge is 2.26. The van der Waals surface area contributed by atoms with Crippen LogP contribution in [0.2, 0.25) is 0 Å². The highest BCUT2D eigenvalue weighted by atomic mass is 32.2. The quantitative estimate of drug-likeness (QED) is 0.452. The molecule has 0 saturated heterocycles. The first-order chi connectivity index (χ1) is 17.4. The van der Waals surface area contributed by atoms with Crippen molar-refractivity contribution in [1.29, 1.82) is 0 Å². The summed E-state index contributed by atoms with van der Waals surface area (Å²) in [4.78, 5) is 26.4. The molecule has 0 aliphatic carbocycles. The van der Waals surface area contributed by atoms with Gasteiger partial charge in [0, 0.05) is 18.8 Å². The molecule has 3 N–H and O–H groups in total. The van der Waals surface area contributed by atoms with Gasteiger partial charge in [-0.1, -0.05) is 41.5 Å². The molecule has 4 rings (SSSR count). The van der Waals surface area contributed by atoms with E-state index in [0.29, 0.717) is 24.2 Å². The van der Waals surface area contributed by atoms with Crippen molar-refractivity contribution in [1.82, 2.24) is 14.3 Å². The Morgan fingerprint density at radius 3 is 1.84 bits per heavy atom. The van der Waals surface area contributed by atoms with Crippen molar-refractivity contribution < 1.29 is 26.4 Å². The molecule has 0 atom stereocenters. The number of carbonyl (C=O) groups is 2. The number of fused-ring (bicyclic) bond motifs is 1. The van der Waals surface area contributed by atoms with Gasteiger partial charge in [-0.3, -0.25) is 0 Å². The summed E-state index contributed by atoms with van der Waals surface area (Å²) in [6, 6.07) is 15.6. The van der Waals surface area contributed by atoms with Crippen molar-refractivity contribution in [3.8, 4) is 0 Å². The normalized spacial score (nSPS) is 13.4. The lowest BCUT2D eigenvalue weighted by Crippen LogP contribution is -2.45. The van der Waals surface area contributed by atoms with Crippen LogP contribution in [0, 0.1) is 13.8 Å². The van der Waals surface area contributed by atoms with Crippen molar-refractivity contribution in [2.45, 2.75) is 36.6 Å². The topological polar surface area (TPSA) is 142 Å². The fourth-order valence-electron chi connectivity index (χ4n) is 3.82. The summed E-state index contributed by atoms with van der Waals surface area (Å²) < 4.78 is 54.2. The SMILES string of the molecule is Cc1ccc(S(=O)(=O)NC(=O)Nc2ccc3c(c2)CN(C(=O)NS(=O)(=O)c2ccc(C)cc2)CC3)cc1. The van der Waals surface area contributed by atoms with Crippen molar-refractivity contribution in [2.24, 2.45) is 0 Å². The molecule has 3 aromatic rings. The maximum atomic E-state index is 12.7. The van der Waals surface area contributed by atoms with Crippen LogP contribution in [-0.4, -0.2) is 40.3 Å². The van der Waals surface area contributed by atoms with E-state index < -0.39 is 32.1 Å². The average molecular weight is 543 g/mol. The van der Waals surface area contributed by atoms with Gasteiger partial charge in [0.2, 0.25) is 0 Å². The molecule has 0 unspecified atom stereocenters. The van der Waals surface area contributed by atoms with Gasteiger partial charge in [0.15, 0.2) is 0 Å². The smallest absolute Gasteiger partial charge is 0.319 e. The third kappa shape index (κ3) is 6.27. The molecule has 0 aromatic heterocycles. The maximum absolute atomic E-state index is 12.7. The molecule has 37 heavy (non-hydrogen) atoms. The fourth-order valence-corrected chi connectivity index (χ4v) is 5.70. The number of hydrogen-bond acceptors (Lipinski definition) is 6. The number of aryl methyl sites for hydroxylation is 2. The third-order valence-corrected chi connectivity index (χ3v) is 8.56. The lowest BCUT2D eigenvalue weighted by atomic mass is 9.99. The van der Waals surface area contributed by atoms with Crippen LogP contribution in [-0.2, 0) is 33.0 Å². The summed E-state index contributed by atoms with van der Waals surface area (Å²) in [5.41, 5.74) is 3.73. The molecule has 3 aromatic carbocycles. The van der Waals surface area contributed by atoms with Gasteiger partial charge in [-0.2, -0.15) is 0 Å². The highest BCUT2D eigenvalue weighted by molar-refractivity contribution is 7.90. The number of anilines is 1. The summed E-state index contributed by atoms with van der Waals surface area (Å²) in [6.07, 6.45) is 0.488. The minimum absolute atomic E-state index is 0.0121. The van der Waals surface area contributed by atoms with Crippen LogP contribution in [0.25, 0.3) is 0 Å². The van der Waals surface area contributed by atoms with Gasteiger partial charge in [0.25, 0.3) is 20.0 Å². The van der Waals surface area contributed by atoms with Crippen LogP contribution in [0.4, 0.5) is 15.3 Å². The van der Waals surface area contributed by atoms with Crippen LogP contribution < -0.4 is 14.8 Å². The first kappa shape index (κ1) is 26.2. The monoisotopic (exact) mass is 542 g/mol. The minimum atomic E-state index is -4.06. The number of carbonyl (C=O) groups excluding carboxylic acids is 2. The number of urea groups is 2. The van der Waals surface area contributed by atoms with Crippen molar-refractivity contribution in [2.75, 3.05) is 11.9 Å². The predicted octanol–water partition coefficient (Wildman–Crippen LogP) is 3.27. The van der Waals surface area contributed by atoms with E-state index in [9.17, 15) is 26.4 Å². The Morgan fingerprint density at radius 1 is 0.730 bits per heavy atom. The minimum Gasteiger partial charge on any atom is -0.319 e. The molecule has 4 amide bonds. The van der Waals surface area contributed by atoms with Crippen LogP contribution in [0.1, 0.15) is 22.3 Å². The molecule has 0 fully saturated rings. The number of hydrogen-bond donors (Lipinski definition) is 3. The van der Waals surface area contributed by atoms with Crippen LogP contribution in [0.15, 0.2) is 76.5 Å². The Labute approximate surface area is 215 Å². The lowest BCUT2D eigenvalue weighted by Gasteiger charge is -2.29. The molecule has 0 bridgehead atoms. The van der Waals surface area contributed by atoms with E-state index in [-0.39, 0.29) is 16.3 Å². The summed E-state index contributed by atoms with van der Waals surface area (Å²) >= 11 is 0. The van der Waals surface area contributed by atoms with E-state index in [0.717, 1.165) is 16.7 Å². The Hall–Kier alpha value is -3.90. The maximum Gasteiger partial charge on any atom is 0.333 e. The van der Waals surface area contributed by atoms with Gasteiger partial charge < -0.3 is 10.2 Å². The number of sulfonamides is 2. The number of benzene rings is 3. The molecular formula is C25H26N4O6S2. The van der Waals surface area contributed by atoms with Gasteiger partial charge in [0.05, 0.1) is 9.79 Å². The molecular weight excluding hydrogens is 516 g/mol. The number of amides is 4. The lowest BCUT2D eigenvalue weighted by molar-refractivity contribution is 0.198. The highest BCUT2D eigenvalue weighted by Crippen LogP contribution is 2.23. The van der Waals surface area contributed by atoms with E-state index in [4.69, 9.17) is 0 Å². The second-order valence-electron chi connectivity index (χ2n) is 8.75. The second-order valence-corrected chi connectivity index (χ2v) is 12.1. The second kappa shape index (κ2) is 10.2. The molecule has 194 valence electrons. The first-order valence-electron chi connectivity index (χ1n) is 11.3. The molecule has 12 heteroatoms. The largest absolute Gasteiger partial charge is 0.333 e. The fraction of sp³-hybridized carbons (Fsp3) is 0.200. The van der Waals surface area contributed by atoms with Crippen molar-refractivity contribution in [3.63, 3.8) is 0 Å². The predicted molar refractivity (Wildman–Crippen MR) is 138 cm³/mol. The average Bonchev–Trinajstić information content (AvgIpc) is 2.83. The van der Waals surface area contributed by atoms with E-state index in [1.165, 1.54) is 29.2 Å². The zero-order chi connectivity index (χ0) is 26.8. The summed E-state index contributed by atoms with van der Waals surface area (Å²) in [7, 11) is -8.09. The van der Waals surface area contributed by atoms with Crippen molar-refractivity contribution in [3.05, 3.63) is 89.0 Å². The molecule has 1 aliphatic heterocycles. The summed E-state index contributed by atoms with van der Waals surface area (Å²) in [5.74, 6) is 0. The third-order valence-electron chi connectivity index (χ3n) is 5.87. The van der Waals surface area contributed by atoms with Crippen LogP contribution in [0.5, 0.6) is 0 Å². The Kier molecular flexibility index (Phi) is 7.23. The van der Waals surface area contributed by atoms with Crippen LogP contribution in [0.3, 0.4) is 0 Å².